The normalized spacial score (nSPS) is 28.4. The number of urea groups is 4. The molecule has 8 atom stereocenters. The highest BCUT2D eigenvalue weighted by Crippen LogP contribution is 2.66. The van der Waals surface area contributed by atoms with Gasteiger partial charge < -0.3 is 82.2 Å². The van der Waals surface area contributed by atoms with Gasteiger partial charge in [0.2, 0.25) is 57.5 Å². The van der Waals surface area contributed by atoms with Crippen molar-refractivity contribution >= 4 is 63.2 Å². The Balaban J connectivity index is 0.000000133. The lowest BCUT2D eigenvalue weighted by Gasteiger charge is -2.39. The smallest absolute Gasteiger partial charge is 0.418 e. The molecule has 8 saturated carbocycles. The number of alkyl carbamates (subject to hydrolysis) is 3. The third-order valence-corrected chi connectivity index (χ3v) is 32.9. The van der Waals surface area contributed by atoms with Gasteiger partial charge in [-0.05, 0) is 267 Å². The van der Waals surface area contributed by atoms with Crippen molar-refractivity contribution in [1.29, 1.82) is 0 Å². The molecule has 8 aliphatic heterocycles. The van der Waals surface area contributed by atoms with Crippen LogP contribution in [-0.2, 0) is 80.7 Å². The second kappa shape index (κ2) is 42.3. The van der Waals surface area contributed by atoms with E-state index in [2.05, 4.69) is 93.0 Å². The van der Waals surface area contributed by atoms with E-state index < -0.39 is 79.9 Å². The number of hydroxylamine groups is 8. The SMILES string of the molecule is CC(C)(C)OC(=O)NC1CC(Cc2nnc([C@@H]3CC4(CC4)[C@@H]4CN3C(=O)N4O)o2)C1.CC(C)(C)OC(=O)NC1CC(Cc2nnc([C@@H]3CC4(CC4)[C@@H]4CN3C(=O)N4OCc3ccccc3)o2)C1.CC(C)(C)OC(=O)NC1CC(Cc2nnc([C@@H]3CC4(CC4)[C@@H]4CN3C(=O)N4OS(=O)(=O)[O-])o2)C1.CCCC[N+](CCCC)(CCCC)CCCC.NC1CC(Cc2nnc([C@@H]3CC4(CC4)[C@@H]4CN3C(=O)N4OS(=O)(=O)O)o2)C1.[3HH]. The Kier molecular flexibility index (Phi) is 31.1. The molecule has 47 heteroatoms. The van der Waals surface area contributed by atoms with E-state index in [9.17, 15) is 60.2 Å². The van der Waals surface area contributed by atoms with Crippen molar-refractivity contribution in [3.63, 3.8) is 0 Å². The third kappa shape index (κ3) is 25.4. The van der Waals surface area contributed by atoms with E-state index in [1.165, 1.54) is 91.8 Å². The van der Waals surface area contributed by atoms with Gasteiger partial charge in [0.15, 0.2) is 0 Å². The second-order valence-electron chi connectivity index (χ2n) is 46.9. The molecule has 8 saturated heterocycles. The summed E-state index contributed by atoms with van der Waals surface area (Å²) in [7, 11) is -9.85. The summed E-state index contributed by atoms with van der Waals surface area (Å²) in [5.41, 5.74) is 4.78. The number of nitrogens with one attached hydrogen (secondary N) is 3. The number of nitrogens with zero attached hydrogens (tertiary/aromatic N) is 17. The second-order valence-corrected chi connectivity index (χ2v) is 48.9. The zero-order valence-electron chi connectivity index (χ0n) is 86.0. The maximum atomic E-state index is 13.4. The number of carbonyl (C=O) groups is 7. The molecule has 0 unspecified atom stereocenters. The minimum atomic E-state index is -5.07. The Labute approximate surface area is 849 Å². The minimum absolute atomic E-state index is 0. The molecule has 0 radical (unpaired) electrons. The molecular formula is C98H151N21O24S2. The van der Waals surface area contributed by atoms with Gasteiger partial charge in [-0.2, -0.15) is 27.9 Å². The largest absolute Gasteiger partial charge is 0.724 e. The number of rotatable bonds is 34. The number of nitrogens with two attached hydrogens (primary N) is 1. The number of amides is 11. The third-order valence-electron chi connectivity index (χ3n) is 32.2. The van der Waals surface area contributed by atoms with Crippen LogP contribution in [0.3, 0.4) is 0 Å². The standard InChI is InChI=1S/C27H35N5O5.C20H29N5O8S.C20H29N5O5.C16H36N.C15H21N5O6S.H2/c1-26(2,3)37-24(33)28-19-11-18(12-19)13-22-29-30-23(36-22)20-14-27(9-10-27)21-15-31(20)25(34)32(21)35-16-17-7-5-4-6-8-17;1-19(2,3)32-17(26)21-12-6-11(7-12)8-15-22-23-16(31-15)13-9-20(4-5-20)14-10-24(13)18(27)25(14)33-34(28,29)30;1-19(2,3)30-17(26)21-12-6-11(7-12)8-15-22-23-16(29-15)13-9-20(4-5-20)14-10-24(13)18(27)25(14)28;1-5-9-13-17(14-10-6-2,15-11-7-3)16-12-8-4;16-9-3-8(4-9)5-12-17-18-13(25-12)10-6-15(1-2-15)11-7-19(10)14(21)20(11)26-27(22,23)24;/h4-8,18-21H,9-16H2,1-3H3,(H,28,33);11-14H,4-10H2,1-3H3,(H,21,26)(H,28,29,30);11-14,28H,4-10H2,1-3H3,(H,21,26);5-16H2,1-4H3;8-11H,1-7,16H2,(H,22,23,24);1H/q;;;+1;;/p-1/t18?,19?,20-,21-;2*11?,12?,13-,14-;;8?,9?,10-,11-;/m000.0./s1/i;;;;;1+2. The molecule has 804 valence electrons. The van der Waals surface area contributed by atoms with Crippen molar-refractivity contribution in [3.05, 3.63) is 83.0 Å². The van der Waals surface area contributed by atoms with Crippen LogP contribution in [0, 0.1) is 45.3 Å². The van der Waals surface area contributed by atoms with Gasteiger partial charge >= 0.3 is 52.8 Å². The molecule has 12 heterocycles. The molecule has 5 aromatic rings. The summed E-state index contributed by atoms with van der Waals surface area (Å²) in [5.74, 6) is 5.22. The lowest BCUT2D eigenvalue weighted by molar-refractivity contribution is -0.929. The molecule has 4 spiro atoms. The Bertz CT molecular complexity index is 5580. The molecule has 8 aliphatic carbocycles. The molecular weight excluding hydrogens is 1920 g/mol. The van der Waals surface area contributed by atoms with Crippen LogP contribution < -0.4 is 21.7 Å². The van der Waals surface area contributed by atoms with Gasteiger partial charge in [0.1, 0.15) is 47.6 Å². The van der Waals surface area contributed by atoms with Gasteiger partial charge in [0, 0.05) is 77.5 Å². The molecule has 16 fully saturated rings. The quantitative estimate of drug-likeness (QED) is 0.00732. The van der Waals surface area contributed by atoms with Crippen LogP contribution >= 0.6 is 0 Å². The van der Waals surface area contributed by atoms with E-state index in [1.54, 1.807) is 9.96 Å². The van der Waals surface area contributed by atoms with Crippen molar-refractivity contribution < 1.29 is 116 Å². The fourth-order valence-electron chi connectivity index (χ4n) is 23.7. The number of fused-ring (bicyclic) bond motifs is 12. The van der Waals surface area contributed by atoms with Crippen LogP contribution in [0.5, 0.6) is 0 Å². The van der Waals surface area contributed by atoms with Crippen molar-refractivity contribution in [2.45, 2.75) is 391 Å². The number of hydrogen-bond acceptors (Lipinski definition) is 32. The fraction of sp³-hybridized carbons (Fsp3) is 0.786. The Hall–Kier alpha value is -9.75. The number of unbranched alkanes of at least 4 members (excludes halogenated alkanes) is 4. The summed E-state index contributed by atoms with van der Waals surface area (Å²) >= 11 is 0. The topological polar surface area (TPSA) is 550 Å². The molecule has 4 aromatic heterocycles. The molecule has 8 bridgehead atoms. The number of carbonyl (C=O) groups excluding carboxylic acids is 7. The van der Waals surface area contributed by atoms with Gasteiger partial charge in [0.05, 0.1) is 50.3 Å². The van der Waals surface area contributed by atoms with Crippen LogP contribution in [0.4, 0.5) is 33.6 Å². The van der Waals surface area contributed by atoms with E-state index in [0.29, 0.717) is 135 Å². The lowest BCUT2D eigenvalue weighted by Crippen LogP contribution is -2.50. The first-order chi connectivity index (χ1) is 68.6. The van der Waals surface area contributed by atoms with Gasteiger partial charge in [-0.15, -0.1) is 45.1 Å². The van der Waals surface area contributed by atoms with Crippen molar-refractivity contribution in [3.8, 4) is 0 Å². The minimum Gasteiger partial charge on any atom is -0.724 e. The van der Waals surface area contributed by atoms with Crippen molar-refractivity contribution in [2.24, 2.45) is 51.1 Å². The van der Waals surface area contributed by atoms with E-state index in [4.69, 9.17) is 47.0 Å². The first-order valence-corrected chi connectivity index (χ1v) is 55.3. The van der Waals surface area contributed by atoms with Crippen LogP contribution in [0.2, 0.25) is 0 Å². The van der Waals surface area contributed by atoms with Crippen LogP contribution in [0.15, 0.2) is 48.0 Å². The van der Waals surface area contributed by atoms with Crippen LogP contribution in [-0.4, -0.2) is 276 Å². The predicted octanol–water partition coefficient (Wildman–Crippen LogP) is 14.3. The number of benzene rings is 1. The maximum Gasteiger partial charge on any atom is 0.418 e. The van der Waals surface area contributed by atoms with Gasteiger partial charge in [-0.25, -0.2) is 47.0 Å². The zero-order valence-corrected chi connectivity index (χ0v) is 87.6. The van der Waals surface area contributed by atoms with Gasteiger partial charge in [0.25, 0.3) is 0 Å². The van der Waals surface area contributed by atoms with E-state index in [1.807, 2.05) is 97.5 Å². The zero-order chi connectivity index (χ0) is 103. The molecule has 45 nitrogen and oxygen atoms in total. The Morgan fingerprint density at radius 1 is 0.448 bits per heavy atom. The Morgan fingerprint density at radius 3 is 1.03 bits per heavy atom. The van der Waals surface area contributed by atoms with E-state index >= 15 is 0 Å². The summed E-state index contributed by atoms with van der Waals surface area (Å²) in [6, 6.07) is 6.25. The predicted molar refractivity (Wildman–Crippen MR) is 515 cm³/mol. The first kappa shape index (κ1) is 107. The highest BCUT2D eigenvalue weighted by atomic mass is 32.3. The average Bonchev–Trinajstić information content (AvgIpc) is 1.46. The number of hydrogen-bond donors (Lipinski definition) is 6. The maximum absolute atomic E-state index is 13.4. The highest BCUT2D eigenvalue weighted by molar-refractivity contribution is 7.81. The molecule has 16 aliphatic rings. The summed E-state index contributed by atoms with van der Waals surface area (Å²) in [6.45, 7) is 33.6. The highest BCUT2D eigenvalue weighted by Gasteiger charge is 2.69. The molecule has 21 rings (SSSR count). The summed E-state index contributed by atoms with van der Waals surface area (Å²) in [6.07, 6.45) is 29.4. The monoisotopic (exact) mass is 2070 g/mol. The van der Waals surface area contributed by atoms with E-state index in [0.717, 1.165) is 131 Å². The number of ether oxygens (including phenoxy) is 3. The average molecular weight is 2070 g/mol. The molecule has 7 N–H and O–H groups in total. The number of quaternary nitrogens is 1. The molecule has 11 amide bonds. The molecule has 145 heavy (non-hydrogen) atoms. The summed E-state index contributed by atoms with van der Waals surface area (Å²) in [4.78, 5) is 99.4. The van der Waals surface area contributed by atoms with E-state index in [-0.39, 0.29) is 108 Å². The van der Waals surface area contributed by atoms with Gasteiger partial charge in [-0.3, -0.25) is 14.6 Å². The Morgan fingerprint density at radius 2 is 0.738 bits per heavy atom. The van der Waals surface area contributed by atoms with Crippen LogP contribution in [0.25, 0.3) is 0 Å². The van der Waals surface area contributed by atoms with Crippen molar-refractivity contribution in [1.82, 2.24) is 96.6 Å². The lowest BCUT2D eigenvalue weighted by atomic mass is 9.78. The van der Waals surface area contributed by atoms with Crippen molar-refractivity contribution in [2.75, 3.05) is 52.4 Å². The summed E-state index contributed by atoms with van der Waals surface area (Å²) < 4.78 is 115. The number of aromatic nitrogens is 8. The van der Waals surface area contributed by atoms with Crippen LogP contribution in [0.1, 0.15) is 348 Å². The van der Waals surface area contributed by atoms with Gasteiger partial charge in [-0.1, -0.05) is 83.7 Å². The first-order valence-electron chi connectivity index (χ1n) is 52.6. The molecule has 1 aromatic carbocycles. The summed E-state index contributed by atoms with van der Waals surface area (Å²) in [5, 5.41) is 56.5. The number of piperidine rings is 4. The fourth-order valence-corrected chi connectivity index (χ4v) is 24.4.